The van der Waals surface area contributed by atoms with E-state index in [1.54, 1.807) is 57.2 Å². The van der Waals surface area contributed by atoms with Gasteiger partial charge in [0.15, 0.2) is 5.69 Å². The van der Waals surface area contributed by atoms with Crippen LogP contribution in [0.5, 0.6) is 0 Å². The van der Waals surface area contributed by atoms with Crippen LogP contribution in [0.3, 0.4) is 0 Å². The maximum atomic E-state index is 14.1. The number of alkyl halides is 9. The van der Waals surface area contributed by atoms with Gasteiger partial charge in [-0.2, -0.15) is 39.5 Å². The number of hydrogen-bond acceptors (Lipinski definition) is 0. The van der Waals surface area contributed by atoms with Crippen LogP contribution in [0.2, 0.25) is 0 Å². The maximum Gasteiger partial charge on any atom is 0.416 e. The number of aromatic nitrogens is 2. The zero-order valence-corrected chi connectivity index (χ0v) is 39.0. The minimum absolute atomic E-state index is 0.318. The molecule has 0 fully saturated rings. The van der Waals surface area contributed by atoms with Gasteiger partial charge in [-0.1, -0.05) is 84.9 Å². The van der Waals surface area contributed by atoms with E-state index < -0.39 is 35.2 Å². The smallest absolute Gasteiger partial charge is 0.309 e. The van der Waals surface area contributed by atoms with E-state index in [1.807, 2.05) is 102 Å². The number of fused-ring (bicyclic) bond motifs is 6. The first-order valence-electron chi connectivity index (χ1n) is 23.0. The second kappa shape index (κ2) is 17.1. The van der Waals surface area contributed by atoms with Crippen molar-refractivity contribution in [1.29, 1.82) is 0 Å². The molecule has 0 aliphatic carbocycles. The molecule has 0 unspecified atom stereocenters. The fraction of sp³-hybridized carbons (Fsp3) is 0.0984. The summed E-state index contributed by atoms with van der Waals surface area (Å²) in [5.41, 5.74) is 7.82. The van der Waals surface area contributed by atoms with Gasteiger partial charge >= 0.3 is 18.5 Å². The summed E-state index contributed by atoms with van der Waals surface area (Å²) in [5.74, 6) is 0. The van der Waals surface area contributed by atoms with Gasteiger partial charge in [0.05, 0.1) is 56.7 Å². The van der Waals surface area contributed by atoms with Crippen molar-refractivity contribution < 1.29 is 39.5 Å². The molecule has 12 heteroatoms. The van der Waals surface area contributed by atoms with Gasteiger partial charge in [0, 0.05) is 27.1 Å². The lowest BCUT2D eigenvalue weighted by molar-refractivity contribution is -0.138. The van der Waals surface area contributed by atoms with E-state index in [4.69, 9.17) is 6.57 Å². The molecule has 360 valence electrons. The first kappa shape index (κ1) is 46.8. The Morgan fingerprint density at radius 1 is 0.356 bits per heavy atom. The van der Waals surface area contributed by atoms with Crippen molar-refractivity contribution in [1.82, 2.24) is 9.13 Å². The van der Waals surface area contributed by atoms with Crippen molar-refractivity contribution in [2.45, 2.75) is 39.3 Å². The van der Waals surface area contributed by atoms with Crippen molar-refractivity contribution in [3.63, 3.8) is 0 Å². The predicted octanol–water partition coefficient (Wildman–Crippen LogP) is 19.1. The fourth-order valence-electron chi connectivity index (χ4n) is 10.3. The first-order chi connectivity index (χ1) is 34.7. The molecule has 0 spiro atoms. The summed E-state index contributed by atoms with van der Waals surface area (Å²) < 4.78 is 130. The largest absolute Gasteiger partial charge is 0.416 e. The molecule has 73 heavy (non-hydrogen) atoms. The summed E-state index contributed by atoms with van der Waals surface area (Å²) >= 11 is 0. The van der Waals surface area contributed by atoms with Crippen LogP contribution >= 0.6 is 0 Å². The highest BCUT2D eigenvalue weighted by atomic mass is 19.4. The van der Waals surface area contributed by atoms with Crippen molar-refractivity contribution >= 4 is 49.3 Å². The van der Waals surface area contributed by atoms with Crippen LogP contribution in [0.4, 0.5) is 45.2 Å². The van der Waals surface area contributed by atoms with Gasteiger partial charge < -0.3 is 9.13 Å². The lowest BCUT2D eigenvalue weighted by Gasteiger charge is -2.21. The molecule has 3 nitrogen and oxygen atoms in total. The zero-order valence-electron chi connectivity index (χ0n) is 39.0. The predicted molar refractivity (Wildman–Crippen MR) is 272 cm³/mol. The molecular formula is C61H38F9N3. The van der Waals surface area contributed by atoms with Crippen LogP contribution in [0.15, 0.2) is 176 Å². The molecular weight excluding hydrogens is 946 g/mol. The summed E-state index contributed by atoms with van der Waals surface area (Å²) in [6.45, 7) is 13.0. The highest BCUT2D eigenvalue weighted by Gasteiger charge is 2.33. The summed E-state index contributed by atoms with van der Waals surface area (Å²) in [7, 11) is 0. The lowest BCUT2D eigenvalue weighted by atomic mass is 9.93. The second-order valence-corrected chi connectivity index (χ2v) is 18.4. The van der Waals surface area contributed by atoms with Crippen LogP contribution < -0.4 is 0 Å². The van der Waals surface area contributed by atoms with E-state index in [1.165, 1.54) is 6.07 Å². The highest BCUT2D eigenvalue weighted by Crippen LogP contribution is 2.46. The molecule has 0 aliphatic heterocycles. The Kier molecular flexibility index (Phi) is 10.9. The van der Waals surface area contributed by atoms with Gasteiger partial charge in [0.25, 0.3) is 0 Å². The minimum atomic E-state index is -4.57. The number of halogens is 9. The lowest BCUT2D eigenvalue weighted by Crippen LogP contribution is -2.05. The number of aryl methyl sites for hydroxylation is 3. The molecule has 0 bridgehead atoms. The first-order valence-corrected chi connectivity index (χ1v) is 23.0. The van der Waals surface area contributed by atoms with Crippen LogP contribution in [-0.4, -0.2) is 9.13 Å². The number of hydrogen-bond donors (Lipinski definition) is 0. The minimum Gasteiger partial charge on any atom is -0.309 e. The molecule has 11 aromatic rings. The summed E-state index contributed by atoms with van der Waals surface area (Å²) in [6, 6.07) is 48.8. The van der Waals surface area contributed by atoms with Crippen LogP contribution in [0.1, 0.15) is 33.4 Å². The molecule has 0 saturated heterocycles. The Morgan fingerprint density at radius 2 is 0.836 bits per heavy atom. The Balaban J connectivity index is 1.18. The number of rotatable bonds is 6. The third-order valence-corrected chi connectivity index (χ3v) is 13.6. The molecule has 0 N–H and O–H groups in total. The molecule has 0 radical (unpaired) electrons. The van der Waals surface area contributed by atoms with E-state index in [2.05, 4.69) is 9.41 Å². The molecule has 2 heterocycles. The Labute approximate surface area is 412 Å². The zero-order chi connectivity index (χ0) is 51.3. The topological polar surface area (TPSA) is 14.2 Å². The van der Waals surface area contributed by atoms with E-state index in [0.29, 0.717) is 83.8 Å². The van der Waals surface area contributed by atoms with E-state index in [0.717, 1.165) is 74.5 Å². The molecule has 9 aromatic carbocycles. The van der Waals surface area contributed by atoms with Crippen molar-refractivity contribution in [3.05, 3.63) is 221 Å². The molecule has 0 aliphatic rings. The van der Waals surface area contributed by atoms with Gasteiger partial charge in [-0.25, -0.2) is 4.85 Å². The van der Waals surface area contributed by atoms with Gasteiger partial charge in [-0.3, -0.25) is 0 Å². The van der Waals surface area contributed by atoms with Crippen molar-refractivity contribution in [3.8, 4) is 55.9 Å². The second-order valence-electron chi connectivity index (χ2n) is 18.4. The van der Waals surface area contributed by atoms with Crippen LogP contribution in [0.25, 0.3) is 104 Å². The Morgan fingerprint density at radius 3 is 1.34 bits per heavy atom. The van der Waals surface area contributed by atoms with Gasteiger partial charge in [-0.15, -0.1) is 0 Å². The maximum absolute atomic E-state index is 14.1. The number of benzene rings is 9. The van der Waals surface area contributed by atoms with Gasteiger partial charge in [0.2, 0.25) is 0 Å². The number of nitrogens with zero attached hydrogens (tertiary/aromatic N) is 3. The number of para-hydroxylation sites is 2. The molecule has 2 aromatic heterocycles. The average Bonchev–Trinajstić information content (AvgIpc) is 3.87. The van der Waals surface area contributed by atoms with Crippen LogP contribution in [-0.2, 0) is 18.5 Å². The molecule has 0 atom stereocenters. The standard InChI is InChI=1S/C61H38F9N3/c1-34-23-40(28-43(25-34)60(65,66)67)37-14-20-55-50(30-37)47-9-5-7-11-53(47)72(55)57-22-17-45(71-4)33-52(57)49-18-13-39(46-19-16-42(27-36(46)3)59(62,63)64)32-58(49)73-54-12-8-6-10-48(54)51-31-38(15-21-56(51)73)41-24-35(2)26-44(29-41)61(68,69)70/h5-33H,1-3H3. The van der Waals surface area contributed by atoms with Gasteiger partial charge in [-0.05, 0) is 167 Å². The normalized spacial score (nSPS) is 12.4. The van der Waals surface area contributed by atoms with Crippen molar-refractivity contribution in [2.24, 2.45) is 0 Å². The van der Waals surface area contributed by atoms with E-state index >= 15 is 0 Å². The van der Waals surface area contributed by atoms with Gasteiger partial charge in [0.1, 0.15) is 0 Å². The Hall–Kier alpha value is -8.56. The van der Waals surface area contributed by atoms with Crippen molar-refractivity contribution in [2.75, 3.05) is 0 Å². The van der Waals surface area contributed by atoms with Crippen LogP contribution in [0, 0.1) is 27.3 Å². The third-order valence-electron chi connectivity index (χ3n) is 13.6. The third kappa shape index (κ3) is 8.24. The average molecular weight is 984 g/mol. The van der Waals surface area contributed by atoms with E-state index in [9.17, 15) is 39.5 Å². The summed E-state index contributed by atoms with van der Waals surface area (Å²) in [5, 5.41) is 3.11. The highest BCUT2D eigenvalue weighted by molar-refractivity contribution is 6.13. The molecule has 0 amide bonds. The molecule has 11 rings (SSSR count). The Bertz CT molecular complexity index is 4100. The quantitative estimate of drug-likeness (QED) is 0.116. The SMILES string of the molecule is [C-]#[N+]c1ccc(-n2c3ccccc3c3cc(-c4cc(C)cc(C(F)(F)F)c4)ccc32)c(-c2ccc(-c3ccc(C(F)(F)F)cc3C)cc2-n2c3ccccc3c3cc(-c4cc(C)cc(C(F)(F)F)c4)ccc32)c1. The summed E-state index contributed by atoms with van der Waals surface area (Å²) in [6.07, 6.45) is -13.7. The monoisotopic (exact) mass is 983 g/mol. The fourth-order valence-corrected chi connectivity index (χ4v) is 10.3. The summed E-state index contributed by atoms with van der Waals surface area (Å²) in [4.78, 5) is 3.83. The molecule has 0 saturated carbocycles. The van der Waals surface area contributed by atoms with E-state index in [-0.39, 0.29) is 0 Å².